The average molecular weight is 374 g/mol. The number of carbonyl (C=O) groups is 2. The number of benzene rings is 1. The number of nitrogens with zero attached hydrogens (tertiary/aromatic N) is 2. The first kappa shape index (κ1) is 19.5. The lowest BCUT2D eigenvalue weighted by molar-refractivity contribution is -0.137. The highest BCUT2D eigenvalue weighted by atomic mass is 16.5. The predicted molar refractivity (Wildman–Crippen MR) is 103 cm³/mol. The smallest absolute Gasteiger partial charge is 0.260 e. The first-order chi connectivity index (χ1) is 13.1. The summed E-state index contributed by atoms with van der Waals surface area (Å²) in [4.78, 5) is 29.1. The Kier molecular flexibility index (Phi) is 6.58. The van der Waals surface area contributed by atoms with Crippen molar-refractivity contribution < 1.29 is 19.1 Å². The second-order valence-corrected chi connectivity index (χ2v) is 7.44. The number of hydrogen-bond donors (Lipinski definition) is 0. The van der Waals surface area contributed by atoms with Crippen LogP contribution >= 0.6 is 0 Å². The van der Waals surface area contributed by atoms with Crippen molar-refractivity contribution in [3.05, 3.63) is 24.3 Å². The van der Waals surface area contributed by atoms with Crippen LogP contribution < -0.4 is 9.47 Å². The number of ether oxygens (including phenoxy) is 2. The number of carbonyl (C=O) groups excluding carboxylic acids is 2. The van der Waals surface area contributed by atoms with Crippen molar-refractivity contribution in [1.29, 1.82) is 0 Å². The van der Waals surface area contributed by atoms with Gasteiger partial charge in [-0.2, -0.15) is 0 Å². The van der Waals surface area contributed by atoms with Crippen molar-refractivity contribution in [1.82, 2.24) is 9.80 Å². The van der Waals surface area contributed by atoms with E-state index in [2.05, 4.69) is 6.92 Å². The maximum absolute atomic E-state index is 12.7. The molecular weight excluding hydrogens is 344 g/mol. The number of piperidine rings is 1. The normalized spacial score (nSPS) is 19.5. The van der Waals surface area contributed by atoms with Gasteiger partial charge >= 0.3 is 0 Å². The zero-order valence-electron chi connectivity index (χ0n) is 16.4. The van der Waals surface area contributed by atoms with Gasteiger partial charge in [0.2, 0.25) is 5.91 Å². The molecule has 27 heavy (non-hydrogen) atoms. The molecule has 6 heteroatoms. The minimum absolute atomic E-state index is 0.0365. The molecule has 0 radical (unpaired) electrons. The Balaban J connectivity index is 1.52. The summed E-state index contributed by atoms with van der Waals surface area (Å²) in [5.74, 6) is 1.26. The summed E-state index contributed by atoms with van der Waals surface area (Å²) in [6, 6.07) is 7.86. The number of likely N-dealkylation sites (tertiary alicyclic amines) is 1. The maximum atomic E-state index is 12.7. The maximum Gasteiger partial charge on any atom is 0.260 e. The Morgan fingerprint density at radius 1 is 1.15 bits per heavy atom. The fraction of sp³-hybridized carbons (Fsp3) is 0.619. The molecular formula is C21H30N2O4. The fourth-order valence-corrected chi connectivity index (χ4v) is 3.69. The van der Waals surface area contributed by atoms with Crippen LogP contribution in [0, 0.1) is 0 Å². The summed E-state index contributed by atoms with van der Waals surface area (Å²) in [7, 11) is 1.58. The van der Waals surface area contributed by atoms with Crippen molar-refractivity contribution >= 4 is 11.8 Å². The fourth-order valence-electron chi connectivity index (χ4n) is 3.69. The van der Waals surface area contributed by atoms with Gasteiger partial charge in [-0.15, -0.1) is 0 Å². The van der Waals surface area contributed by atoms with Crippen LogP contribution in [-0.4, -0.2) is 60.5 Å². The number of methoxy groups -OCH3 is 1. The van der Waals surface area contributed by atoms with E-state index >= 15 is 0 Å². The molecule has 0 spiro atoms. The van der Waals surface area contributed by atoms with Crippen LogP contribution in [0.5, 0.6) is 11.5 Å². The van der Waals surface area contributed by atoms with Gasteiger partial charge in [-0.3, -0.25) is 9.59 Å². The molecule has 1 aromatic rings. The van der Waals surface area contributed by atoms with E-state index in [4.69, 9.17) is 9.47 Å². The van der Waals surface area contributed by atoms with Crippen LogP contribution in [0.3, 0.4) is 0 Å². The molecule has 0 N–H and O–H groups in total. The summed E-state index contributed by atoms with van der Waals surface area (Å²) < 4.78 is 10.9. The lowest BCUT2D eigenvalue weighted by atomic mass is 10.0. The quantitative estimate of drug-likeness (QED) is 0.702. The number of amides is 2. The van der Waals surface area contributed by atoms with Crippen molar-refractivity contribution in [2.24, 2.45) is 0 Å². The lowest BCUT2D eigenvalue weighted by Gasteiger charge is -2.34. The van der Waals surface area contributed by atoms with Gasteiger partial charge < -0.3 is 19.3 Å². The lowest BCUT2D eigenvalue weighted by Crippen LogP contribution is -2.44. The molecule has 1 heterocycles. The molecule has 2 amide bonds. The molecule has 1 unspecified atom stereocenters. The predicted octanol–water partition coefficient (Wildman–Crippen LogP) is 2.86. The Labute approximate surface area is 161 Å². The molecule has 0 aromatic heterocycles. The third kappa shape index (κ3) is 5.15. The van der Waals surface area contributed by atoms with Crippen molar-refractivity contribution in [3.63, 3.8) is 0 Å². The van der Waals surface area contributed by atoms with E-state index in [0.717, 1.165) is 32.2 Å². The van der Waals surface area contributed by atoms with Gasteiger partial charge in [0.25, 0.3) is 5.91 Å². The molecule has 0 bridgehead atoms. The Morgan fingerprint density at radius 2 is 1.89 bits per heavy atom. The minimum Gasteiger partial charge on any atom is -0.493 e. The standard InChI is InChI=1S/C21H30N2O4/c1-16-7-5-6-13-22(16)20(24)12-14-23(17-10-11-17)21(25)15-27-19-9-4-3-8-18(19)26-2/h3-4,8-9,16-17H,5-7,10-15H2,1-2H3. The minimum atomic E-state index is -0.0668. The molecule has 2 fully saturated rings. The van der Waals surface area contributed by atoms with Gasteiger partial charge in [-0.25, -0.2) is 0 Å². The largest absolute Gasteiger partial charge is 0.493 e. The highest BCUT2D eigenvalue weighted by Gasteiger charge is 2.33. The van der Waals surface area contributed by atoms with Gasteiger partial charge in [0, 0.05) is 31.6 Å². The number of para-hydroxylation sites is 2. The van der Waals surface area contributed by atoms with Crippen LogP contribution in [0.4, 0.5) is 0 Å². The van der Waals surface area contributed by atoms with Crippen LogP contribution in [0.1, 0.15) is 45.4 Å². The summed E-state index contributed by atoms with van der Waals surface area (Å²) in [5.41, 5.74) is 0. The first-order valence-corrected chi connectivity index (χ1v) is 9.95. The highest BCUT2D eigenvalue weighted by Crippen LogP contribution is 2.29. The topological polar surface area (TPSA) is 59.1 Å². The monoisotopic (exact) mass is 374 g/mol. The molecule has 3 rings (SSSR count). The molecule has 1 saturated heterocycles. The van der Waals surface area contributed by atoms with E-state index in [-0.39, 0.29) is 24.5 Å². The summed E-state index contributed by atoms with van der Waals surface area (Å²) in [6.07, 6.45) is 5.75. The molecule has 1 aliphatic carbocycles. The third-order valence-electron chi connectivity index (χ3n) is 5.42. The van der Waals surface area contributed by atoms with E-state index in [1.165, 1.54) is 6.42 Å². The van der Waals surface area contributed by atoms with E-state index in [1.54, 1.807) is 19.2 Å². The third-order valence-corrected chi connectivity index (χ3v) is 5.42. The van der Waals surface area contributed by atoms with Crippen molar-refractivity contribution in [2.45, 2.75) is 57.5 Å². The van der Waals surface area contributed by atoms with Gasteiger partial charge in [0.15, 0.2) is 18.1 Å². The highest BCUT2D eigenvalue weighted by molar-refractivity contribution is 5.80. The first-order valence-electron chi connectivity index (χ1n) is 9.95. The molecule has 148 valence electrons. The molecule has 1 saturated carbocycles. The molecule has 1 aromatic carbocycles. The summed E-state index contributed by atoms with van der Waals surface area (Å²) in [5, 5.41) is 0. The van der Waals surface area contributed by atoms with Crippen LogP contribution in [0.2, 0.25) is 0 Å². The van der Waals surface area contributed by atoms with E-state index in [1.807, 2.05) is 21.9 Å². The van der Waals surface area contributed by atoms with Gasteiger partial charge in [-0.1, -0.05) is 12.1 Å². The average Bonchev–Trinajstić information content (AvgIpc) is 3.52. The Morgan fingerprint density at radius 3 is 2.56 bits per heavy atom. The van der Waals surface area contributed by atoms with Crippen LogP contribution in [-0.2, 0) is 9.59 Å². The number of rotatable bonds is 8. The second-order valence-electron chi connectivity index (χ2n) is 7.44. The van der Waals surface area contributed by atoms with E-state index < -0.39 is 0 Å². The summed E-state index contributed by atoms with van der Waals surface area (Å²) >= 11 is 0. The van der Waals surface area contributed by atoms with Crippen molar-refractivity contribution in [2.75, 3.05) is 26.8 Å². The van der Waals surface area contributed by atoms with Crippen LogP contribution in [0.25, 0.3) is 0 Å². The van der Waals surface area contributed by atoms with E-state index in [0.29, 0.717) is 30.5 Å². The second kappa shape index (κ2) is 9.11. The zero-order chi connectivity index (χ0) is 19.2. The molecule has 1 aliphatic heterocycles. The van der Waals surface area contributed by atoms with Crippen LogP contribution in [0.15, 0.2) is 24.3 Å². The molecule has 6 nitrogen and oxygen atoms in total. The van der Waals surface area contributed by atoms with Gasteiger partial charge in [0.1, 0.15) is 0 Å². The Hall–Kier alpha value is -2.24. The van der Waals surface area contributed by atoms with E-state index in [9.17, 15) is 9.59 Å². The number of hydrogen-bond acceptors (Lipinski definition) is 4. The SMILES string of the molecule is COc1ccccc1OCC(=O)N(CCC(=O)N1CCCCC1C)C1CC1. The van der Waals surface area contributed by atoms with Gasteiger partial charge in [-0.05, 0) is 51.2 Å². The molecule has 1 atom stereocenters. The van der Waals surface area contributed by atoms with Crippen molar-refractivity contribution in [3.8, 4) is 11.5 Å². The van der Waals surface area contributed by atoms with Gasteiger partial charge in [0.05, 0.1) is 7.11 Å². The Bertz CT molecular complexity index is 659. The summed E-state index contributed by atoms with van der Waals surface area (Å²) in [6.45, 7) is 3.39. The molecule has 2 aliphatic rings. The zero-order valence-corrected chi connectivity index (χ0v) is 16.4.